The fourth-order valence-electron chi connectivity index (χ4n) is 2.26. The second-order valence-corrected chi connectivity index (χ2v) is 6.16. The number of carbonyl (C=O) groups excluding carboxylic acids is 2. The van der Waals surface area contributed by atoms with Gasteiger partial charge in [-0.2, -0.15) is 0 Å². The van der Waals surface area contributed by atoms with Crippen LogP contribution in [0.4, 0.5) is 0 Å². The highest BCUT2D eigenvalue weighted by Gasteiger charge is 2.16. The largest absolute Gasteiger partial charge is 0.481 e. The Morgan fingerprint density at radius 1 is 1.00 bits per heavy atom. The summed E-state index contributed by atoms with van der Waals surface area (Å²) in [4.78, 5) is 24.0. The van der Waals surface area contributed by atoms with Gasteiger partial charge in [0.05, 0.1) is 6.42 Å². The van der Waals surface area contributed by atoms with Gasteiger partial charge >= 0.3 is 0 Å². The molecule has 2 aromatic rings. The summed E-state index contributed by atoms with van der Waals surface area (Å²) in [5.74, 6) is -0.0251. The minimum absolute atomic E-state index is 0.201. The van der Waals surface area contributed by atoms with E-state index in [4.69, 9.17) is 4.74 Å². The minimum atomic E-state index is -0.722. The summed E-state index contributed by atoms with van der Waals surface area (Å²) in [7, 11) is 0. The summed E-state index contributed by atoms with van der Waals surface area (Å²) in [5.41, 5.74) is 8.93. The van der Waals surface area contributed by atoms with Crippen molar-refractivity contribution < 1.29 is 14.3 Å². The molecule has 0 aliphatic carbocycles. The van der Waals surface area contributed by atoms with E-state index < -0.39 is 12.0 Å². The van der Waals surface area contributed by atoms with E-state index in [2.05, 4.69) is 10.9 Å². The molecule has 2 rings (SSSR count). The third-order valence-corrected chi connectivity index (χ3v) is 4.04. The molecule has 2 amide bonds. The van der Waals surface area contributed by atoms with Crippen LogP contribution >= 0.6 is 0 Å². The SMILES string of the molecule is Cc1ccc(CC(=O)NNC(=O)C(C)Oc2cccc(C)c2C)cc1. The molecule has 5 nitrogen and oxygen atoms in total. The number of carbonyl (C=O) groups is 2. The number of amides is 2. The molecule has 2 aromatic carbocycles. The van der Waals surface area contributed by atoms with Crippen LogP contribution in [0.2, 0.25) is 0 Å². The Kier molecular flexibility index (Phi) is 6.17. The van der Waals surface area contributed by atoms with Gasteiger partial charge in [0, 0.05) is 0 Å². The Morgan fingerprint density at radius 2 is 1.68 bits per heavy atom. The highest BCUT2D eigenvalue weighted by atomic mass is 16.5. The van der Waals surface area contributed by atoms with E-state index in [-0.39, 0.29) is 12.3 Å². The molecule has 25 heavy (non-hydrogen) atoms. The molecule has 0 spiro atoms. The molecule has 0 aliphatic heterocycles. The van der Waals surface area contributed by atoms with Crippen molar-refractivity contribution in [1.29, 1.82) is 0 Å². The molecule has 0 heterocycles. The Morgan fingerprint density at radius 3 is 2.36 bits per heavy atom. The molecule has 0 aromatic heterocycles. The molecule has 132 valence electrons. The van der Waals surface area contributed by atoms with Crippen LogP contribution in [0.15, 0.2) is 42.5 Å². The van der Waals surface area contributed by atoms with Crippen LogP contribution < -0.4 is 15.6 Å². The van der Waals surface area contributed by atoms with E-state index in [0.29, 0.717) is 5.75 Å². The maximum Gasteiger partial charge on any atom is 0.279 e. The monoisotopic (exact) mass is 340 g/mol. The van der Waals surface area contributed by atoms with Crippen molar-refractivity contribution in [3.63, 3.8) is 0 Å². The first-order valence-electron chi connectivity index (χ1n) is 8.24. The molecule has 1 unspecified atom stereocenters. The molecule has 0 radical (unpaired) electrons. The van der Waals surface area contributed by atoms with Crippen molar-refractivity contribution in [3.05, 3.63) is 64.7 Å². The fraction of sp³-hybridized carbons (Fsp3) is 0.300. The first-order valence-corrected chi connectivity index (χ1v) is 8.24. The number of hydrogen-bond acceptors (Lipinski definition) is 3. The predicted molar refractivity (Wildman–Crippen MR) is 97.2 cm³/mol. The molecule has 0 saturated carbocycles. The molecule has 2 N–H and O–H groups in total. The lowest BCUT2D eigenvalue weighted by molar-refractivity contribution is -0.132. The van der Waals surface area contributed by atoms with Crippen LogP contribution in [0.3, 0.4) is 0 Å². The first-order chi connectivity index (χ1) is 11.9. The van der Waals surface area contributed by atoms with Crippen LogP contribution in [-0.4, -0.2) is 17.9 Å². The Hall–Kier alpha value is -2.82. The van der Waals surface area contributed by atoms with Crippen molar-refractivity contribution in [2.75, 3.05) is 0 Å². The van der Waals surface area contributed by atoms with Crippen molar-refractivity contribution in [2.45, 2.75) is 40.2 Å². The maximum atomic E-state index is 12.1. The zero-order valence-corrected chi connectivity index (χ0v) is 15.1. The van der Waals surface area contributed by atoms with Crippen LogP contribution in [0.5, 0.6) is 5.75 Å². The molecule has 0 fully saturated rings. The molecule has 0 aliphatic rings. The number of hydrazine groups is 1. The fourth-order valence-corrected chi connectivity index (χ4v) is 2.26. The lowest BCUT2D eigenvalue weighted by Gasteiger charge is -2.17. The summed E-state index contributed by atoms with van der Waals surface area (Å²) in [6.45, 7) is 7.56. The number of hydrogen-bond donors (Lipinski definition) is 2. The number of ether oxygens (including phenoxy) is 1. The van der Waals surface area contributed by atoms with Crippen LogP contribution in [-0.2, 0) is 16.0 Å². The maximum absolute atomic E-state index is 12.1. The van der Waals surface area contributed by atoms with Gasteiger partial charge in [-0.15, -0.1) is 0 Å². The molecule has 5 heteroatoms. The van der Waals surface area contributed by atoms with Gasteiger partial charge < -0.3 is 4.74 Å². The van der Waals surface area contributed by atoms with Crippen LogP contribution in [0.25, 0.3) is 0 Å². The topological polar surface area (TPSA) is 67.4 Å². The average molecular weight is 340 g/mol. The average Bonchev–Trinajstić information content (AvgIpc) is 2.58. The second kappa shape index (κ2) is 8.33. The van der Waals surface area contributed by atoms with Gasteiger partial charge in [-0.25, -0.2) is 0 Å². The molecule has 0 bridgehead atoms. The zero-order valence-electron chi connectivity index (χ0n) is 15.1. The highest BCUT2D eigenvalue weighted by molar-refractivity contribution is 5.85. The van der Waals surface area contributed by atoms with Gasteiger partial charge in [-0.05, 0) is 50.5 Å². The van der Waals surface area contributed by atoms with Gasteiger partial charge in [0.1, 0.15) is 5.75 Å². The van der Waals surface area contributed by atoms with Crippen LogP contribution in [0.1, 0.15) is 29.2 Å². The normalized spacial score (nSPS) is 11.5. The highest BCUT2D eigenvalue weighted by Crippen LogP contribution is 2.21. The van der Waals surface area contributed by atoms with E-state index in [9.17, 15) is 9.59 Å². The van der Waals surface area contributed by atoms with E-state index in [1.807, 2.05) is 63.2 Å². The predicted octanol–water partition coefficient (Wildman–Crippen LogP) is 2.77. The number of aryl methyl sites for hydroxylation is 2. The van der Waals surface area contributed by atoms with Gasteiger partial charge in [-0.3, -0.25) is 20.4 Å². The lowest BCUT2D eigenvalue weighted by Crippen LogP contribution is -2.47. The zero-order chi connectivity index (χ0) is 18.4. The number of benzene rings is 2. The molecule has 1 atom stereocenters. The van der Waals surface area contributed by atoms with E-state index in [1.54, 1.807) is 6.92 Å². The van der Waals surface area contributed by atoms with Crippen molar-refractivity contribution in [2.24, 2.45) is 0 Å². The van der Waals surface area contributed by atoms with Gasteiger partial charge in [-0.1, -0.05) is 42.0 Å². The van der Waals surface area contributed by atoms with E-state index >= 15 is 0 Å². The van der Waals surface area contributed by atoms with Gasteiger partial charge in [0.25, 0.3) is 5.91 Å². The molecular formula is C20H24N2O3. The third-order valence-electron chi connectivity index (χ3n) is 4.04. The van der Waals surface area contributed by atoms with Crippen molar-refractivity contribution in [3.8, 4) is 5.75 Å². The second-order valence-electron chi connectivity index (χ2n) is 6.16. The summed E-state index contributed by atoms with van der Waals surface area (Å²) < 4.78 is 5.69. The smallest absolute Gasteiger partial charge is 0.279 e. The Balaban J connectivity index is 1.83. The molecule has 0 saturated heterocycles. The Labute approximate surface area is 148 Å². The van der Waals surface area contributed by atoms with Crippen molar-refractivity contribution >= 4 is 11.8 Å². The first kappa shape index (κ1) is 18.5. The number of rotatable bonds is 5. The van der Waals surface area contributed by atoms with Crippen molar-refractivity contribution in [1.82, 2.24) is 10.9 Å². The standard InChI is InChI=1S/C20H24N2O3/c1-13-8-10-17(11-9-13)12-19(23)21-22-20(24)16(4)25-18-7-5-6-14(2)15(18)3/h5-11,16H,12H2,1-4H3,(H,21,23)(H,22,24). The quantitative estimate of drug-likeness (QED) is 0.823. The third kappa shape index (κ3) is 5.35. The number of nitrogens with one attached hydrogen (secondary N) is 2. The summed E-state index contributed by atoms with van der Waals surface area (Å²) in [6, 6.07) is 13.4. The minimum Gasteiger partial charge on any atom is -0.481 e. The summed E-state index contributed by atoms with van der Waals surface area (Å²) in [6.07, 6.45) is -0.521. The van der Waals surface area contributed by atoms with E-state index in [0.717, 1.165) is 22.3 Å². The summed E-state index contributed by atoms with van der Waals surface area (Å²) in [5, 5.41) is 0. The lowest BCUT2D eigenvalue weighted by atomic mass is 10.1. The van der Waals surface area contributed by atoms with E-state index in [1.165, 1.54) is 0 Å². The van der Waals surface area contributed by atoms with Gasteiger partial charge in [0.2, 0.25) is 5.91 Å². The van der Waals surface area contributed by atoms with Gasteiger partial charge in [0.15, 0.2) is 6.10 Å². The molecular weight excluding hydrogens is 316 g/mol. The Bertz CT molecular complexity index is 754. The van der Waals surface area contributed by atoms with Crippen LogP contribution in [0, 0.1) is 20.8 Å². The summed E-state index contributed by atoms with van der Waals surface area (Å²) >= 11 is 0.